The monoisotopic (exact) mass is 264 g/mol. The summed E-state index contributed by atoms with van der Waals surface area (Å²) in [5.74, 6) is -0.987. The minimum Gasteiger partial charge on any atom is -0.478 e. The Hall–Kier alpha value is -1.75. The van der Waals surface area contributed by atoms with Gasteiger partial charge in [0.25, 0.3) is 0 Å². The molecule has 1 aliphatic carbocycles. The summed E-state index contributed by atoms with van der Waals surface area (Å²) in [5, 5.41) is 19.0. The van der Waals surface area contributed by atoms with Crippen LogP contribution in [0.5, 0.6) is 0 Å². The third-order valence-corrected chi connectivity index (χ3v) is 3.85. The number of likely N-dealkylation sites (N-methyl/N-ethyl adjacent to an activating group) is 1. The zero-order valence-electron chi connectivity index (χ0n) is 11.0. The number of aliphatic hydroxyl groups excluding tert-OH is 1. The molecule has 2 unspecified atom stereocenters. The van der Waals surface area contributed by atoms with Gasteiger partial charge in [0, 0.05) is 7.05 Å². The second kappa shape index (κ2) is 5.48. The number of hydrogen-bond acceptors (Lipinski definition) is 4. The molecule has 1 aromatic carbocycles. The Balaban J connectivity index is 2.23. The van der Waals surface area contributed by atoms with Crippen molar-refractivity contribution < 1.29 is 15.0 Å². The van der Waals surface area contributed by atoms with E-state index in [1.165, 1.54) is 6.07 Å². The number of aromatic carboxylic acids is 1. The standard InChI is InChI=1S/C14H20N2O3/c1-16(12-4-2-3-5-13(12)17)11-7-6-9(14(18)19)8-10(11)15/h6-8,12-13,17H,2-5,15H2,1H3,(H,18,19). The second-order valence-electron chi connectivity index (χ2n) is 5.11. The van der Waals surface area contributed by atoms with E-state index in [1.54, 1.807) is 12.1 Å². The fourth-order valence-corrected chi connectivity index (χ4v) is 2.73. The number of hydrogen-bond donors (Lipinski definition) is 3. The van der Waals surface area contributed by atoms with Gasteiger partial charge in [-0.15, -0.1) is 0 Å². The van der Waals surface area contributed by atoms with Gasteiger partial charge in [0.05, 0.1) is 29.1 Å². The highest BCUT2D eigenvalue weighted by atomic mass is 16.4. The number of benzene rings is 1. The lowest BCUT2D eigenvalue weighted by molar-refractivity contribution is 0.0697. The van der Waals surface area contributed by atoms with Gasteiger partial charge in [-0.25, -0.2) is 4.79 Å². The normalized spacial score (nSPS) is 23.1. The molecule has 0 spiro atoms. The van der Waals surface area contributed by atoms with E-state index in [1.807, 2.05) is 11.9 Å². The maximum Gasteiger partial charge on any atom is 0.335 e. The summed E-state index contributed by atoms with van der Waals surface area (Å²) in [4.78, 5) is 12.8. The molecule has 1 aliphatic rings. The lowest BCUT2D eigenvalue weighted by atomic mass is 9.91. The summed E-state index contributed by atoms with van der Waals surface area (Å²) in [6.07, 6.45) is 3.54. The van der Waals surface area contributed by atoms with Crippen LogP contribution in [0.1, 0.15) is 36.0 Å². The van der Waals surface area contributed by atoms with Gasteiger partial charge >= 0.3 is 5.97 Å². The molecule has 5 heteroatoms. The van der Waals surface area contributed by atoms with E-state index in [0.29, 0.717) is 5.69 Å². The molecule has 5 nitrogen and oxygen atoms in total. The molecule has 1 saturated carbocycles. The summed E-state index contributed by atoms with van der Waals surface area (Å²) in [7, 11) is 1.89. The molecule has 19 heavy (non-hydrogen) atoms. The van der Waals surface area contributed by atoms with Gasteiger partial charge in [-0.05, 0) is 31.0 Å². The van der Waals surface area contributed by atoms with Crippen LogP contribution >= 0.6 is 0 Å². The highest BCUT2D eigenvalue weighted by Crippen LogP contribution is 2.30. The number of carboxylic acids is 1. The number of anilines is 2. The number of rotatable bonds is 3. The van der Waals surface area contributed by atoms with Gasteiger partial charge in [-0.3, -0.25) is 0 Å². The van der Waals surface area contributed by atoms with Crippen molar-refractivity contribution in [3.63, 3.8) is 0 Å². The minimum absolute atomic E-state index is 0.0479. The average molecular weight is 264 g/mol. The molecule has 0 aromatic heterocycles. The zero-order chi connectivity index (χ0) is 14.0. The first-order valence-electron chi connectivity index (χ1n) is 6.54. The van der Waals surface area contributed by atoms with Gasteiger partial charge < -0.3 is 20.8 Å². The molecule has 1 aromatic rings. The molecule has 104 valence electrons. The Morgan fingerprint density at radius 2 is 2.05 bits per heavy atom. The van der Waals surface area contributed by atoms with Gasteiger partial charge in [0.1, 0.15) is 0 Å². The van der Waals surface area contributed by atoms with E-state index in [9.17, 15) is 9.90 Å². The first-order valence-corrected chi connectivity index (χ1v) is 6.54. The number of nitrogen functional groups attached to an aromatic ring is 1. The lowest BCUT2D eigenvalue weighted by Crippen LogP contribution is -2.43. The average Bonchev–Trinajstić information content (AvgIpc) is 2.38. The second-order valence-corrected chi connectivity index (χ2v) is 5.11. The molecular formula is C14H20N2O3. The molecule has 2 rings (SSSR count). The van der Waals surface area contributed by atoms with Crippen LogP contribution in [0.2, 0.25) is 0 Å². The van der Waals surface area contributed by atoms with Crippen molar-refractivity contribution in [2.45, 2.75) is 37.8 Å². The van der Waals surface area contributed by atoms with E-state index in [0.717, 1.165) is 31.4 Å². The van der Waals surface area contributed by atoms with Crippen molar-refractivity contribution in [1.29, 1.82) is 0 Å². The van der Waals surface area contributed by atoms with Crippen molar-refractivity contribution in [1.82, 2.24) is 0 Å². The van der Waals surface area contributed by atoms with Crippen LogP contribution in [0.15, 0.2) is 18.2 Å². The summed E-state index contributed by atoms with van der Waals surface area (Å²) in [5.41, 5.74) is 7.31. The Morgan fingerprint density at radius 3 is 2.63 bits per heavy atom. The molecule has 0 bridgehead atoms. The fraction of sp³-hybridized carbons (Fsp3) is 0.500. The Kier molecular flexibility index (Phi) is 3.95. The predicted molar refractivity (Wildman–Crippen MR) is 74.5 cm³/mol. The topological polar surface area (TPSA) is 86.8 Å². The van der Waals surface area contributed by atoms with Crippen LogP contribution in [0.4, 0.5) is 11.4 Å². The van der Waals surface area contributed by atoms with Gasteiger partial charge in [0.2, 0.25) is 0 Å². The molecule has 0 radical (unpaired) electrons. The van der Waals surface area contributed by atoms with E-state index >= 15 is 0 Å². The van der Waals surface area contributed by atoms with Crippen molar-refractivity contribution in [3.05, 3.63) is 23.8 Å². The minimum atomic E-state index is -0.987. The highest BCUT2D eigenvalue weighted by molar-refractivity contribution is 5.90. The summed E-state index contributed by atoms with van der Waals surface area (Å²) >= 11 is 0. The van der Waals surface area contributed by atoms with E-state index < -0.39 is 5.97 Å². The summed E-state index contributed by atoms with van der Waals surface area (Å²) in [6, 6.07) is 4.76. The SMILES string of the molecule is CN(c1ccc(C(=O)O)cc1N)C1CCCCC1O. The van der Waals surface area contributed by atoms with Gasteiger partial charge in [-0.2, -0.15) is 0 Å². The number of carbonyl (C=O) groups is 1. The van der Waals surface area contributed by atoms with Crippen molar-refractivity contribution in [3.8, 4) is 0 Å². The van der Waals surface area contributed by atoms with Crippen molar-refractivity contribution >= 4 is 17.3 Å². The highest BCUT2D eigenvalue weighted by Gasteiger charge is 2.27. The van der Waals surface area contributed by atoms with E-state index in [4.69, 9.17) is 10.8 Å². The molecular weight excluding hydrogens is 244 g/mol. The third kappa shape index (κ3) is 2.81. The molecule has 1 fully saturated rings. The van der Waals surface area contributed by atoms with E-state index in [2.05, 4.69) is 0 Å². The van der Waals surface area contributed by atoms with Crippen molar-refractivity contribution in [2.24, 2.45) is 0 Å². The van der Waals surface area contributed by atoms with Crippen LogP contribution in [-0.2, 0) is 0 Å². The fourth-order valence-electron chi connectivity index (χ4n) is 2.73. The van der Waals surface area contributed by atoms with Gasteiger partial charge in [-0.1, -0.05) is 12.8 Å². The molecule has 0 saturated heterocycles. The van der Waals surface area contributed by atoms with Crippen LogP contribution in [-0.4, -0.2) is 35.4 Å². The number of nitrogens with zero attached hydrogens (tertiary/aromatic N) is 1. The first kappa shape index (κ1) is 13.7. The first-order chi connectivity index (χ1) is 9.00. The van der Waals surface area contributed by atoms with Crippen molar-refractivity contribution in [2.75, 3.05) is 17.7 Å². The molecule has 2 atom stereocenters. The zero-order valence-corrected chi connectivity index (χ0v) is 11.0. The van der Waals surface area contributed by atoms with Crippen LogP contribution in [0.3, 0.4) is 0 Å². The van der Waals surface area contributed by atoms with Crippen LogP contribution < -0.4 is 10.6 Å². The smallest absolute Gasteiger partial charge is 0.335 e. The Bertz CT molecular complexity index is 476. The van der Waals surface area contributed by atoms with Crippen LogP contribution in [0.25, 0.3) is 0 Å². The van der Waals surface area contributed by atoms with Crippen LogP contribution in [0, 0.1) is 0 Å². The molecule has 0 heterocycles. The third-order valence-electron chi connectivity index (χ3n) is 3.85. The lowest BCUT2D eigenvalue weighted by Gasteiger charge is -2.37. The maximum absolute atomic E-state index is 10.9. The molecule has 0 aliphatic heterocycles. The number of aliphatic hydroxyl groups is 1. The summed E-state index contributed by atoms with van der Waals surface area (Å²) < 4.78 is 0. The molecule has 4 N–H and O–H groups in total. The maximum atomic E-state index is 10.9. The quantitative estimate of drug-likeness (QED) is 0.723. The predicted octanol–water partition coefficient (Wildman–Crippen LogP) is 1.71. The Labute approximate surface area is 112 Å². The molecule has 0 amide bonds. The van der Waals surface area contributed by atoms with E-state index in [-0.39, 0.29) is 17.7 Å². The number of nitrogens with two attached hydrogens (primary N) is 1. The largest absolute Gasteiger partial charge is 0.478 e. The van der Waals surface area contributed by atoms with Gasteiger partial charge in [0.15, 0.2) is 0 Å². The summed E-state index contributed by atoms with van der Waals surface area (Å²) in [6.45, 7) is 0. The Morgan fingerprint density at radius 1 is 1.37 bits per heavy atom. The number of carboxylic acid groups (broad SMARTS) is 1.